The van der Waals surface area contributed by atoms with Crippen LogP contribution in [0.2, 0.25) is 5.15 Å². The lowest BCUT2D eigenvalue weighted by molar-refractivity contribution is -0.181. The van der Waals surface area contributed by atoms with E-state index in [1.54, 1.807) is 0 Å². The fourth-order valence-corrected chi connectivity index (χ4v) is 5.23. The molecule has 2 unspecified atom stereocenters. The van der Waals surface area contributed by atoms with Crippen molar-refractivity contribution in [3.8, 4) is 0 Å². The van der Waals surface area contributed by atoms with Crippen molar-refractivity contribution in [1.29, 1.82) is 0 Å². The highest BCUT2D eigenvalue weighted by Gasteiger charge is 2.83. The Balaban J connectivity index is 1.59. The topological polar surface area (TPSA) is 59.7 Å². The molecular formula is C23H19ClF6N4O2. The molecule has 2 aromatic heterocycles. The third-order valence-electron chi connectivity index (χ3n) is 7.19. The fraction of sp³-hybridized carbons (Fsp3) is 0.435. The predicted octanol–water partition coefficient (Wildman–Crippen LogP) is 5.80. The minimum absolute atomic E-state index is 0.0538. The number of carbonyl (C=O) groups excluding carboxylic acids is 1. The summed E-state index contributed by atoms with van der Waals surface area (Å²) in [6.07, 6.45) is -3.59. The number of ether oxygens (including phenoxy) is 1. The molecule has 2 aliphatic rings. The molecule has 36 heavy (non-hydrogen) atoms. The van der Waals surface area contributed by atoms with Gasteiger partial charge in [-0.25, -0.2) is 22.7 Å². The van der Waals surface area contributed by atoms with Gasteiger partial charge in [-0.3, -0.25) is 4.79 Å². The van der Waals surface area contributed by atoms with E-state index in [-0.39, 0.29) is 40.0 Å². The van der Waals surface area contributed by atoms with E-state index in [9.17, 15) is 26.7 Å². The Morgan fingerprint density at radius 3 is 2.53 bits per heavy atom. The molecule has 0 amide bonds. The zero-order valence-electron chi connectivity index (χ0n) is 19.1. The highest BCUT2D eigenvalue weighted by atomic mass is 35.5. The van der Waals surface area contributed by atoms with Gasteiger partial charge in [-0.05, 0) is 38.5 Å². The lowest BCUT2D eigenvalue weighted by atomic mass is 9.87. The summed E-state index contributed by atoms with van der Waals surface area (Å²) < 4.78 is 93.2. The number of esters is 1. The first kappa shape index (κ1) is 24.7. The summed E-state index contributed by atoms with van der Waals surface area (Å²) in [6, 6.07) is 4.42. The predicted molar refractivity (Wildman–Crippen MR) is 117 cm³/mol. The summed E-state index contributed by atoms with van der Waals surface area (Å²) in [5.41, 5.74) is -5.32. The van der Waals surface area contributed by atoms with Gasteiger partial charge in [0.05, 0.1) is 35.8 Å². The summed E-state index contributed by atoms with van der Waals surface area (Å²) in [5, 5.41) is 3.86. The van der Waals surface area contributed by atoms with Gasteiger partial charge < -0.3 is 9.64 Å². The number of rotatable bonds is 4. The normalized spacial score (nSPS) is 26.8. The van der Waals surface area contributed by atoms with E-state index in [0.717, 1.165) is 35.4 Å². The smallest absolute Gasteiger partial charge is 0.401 e. The maximum Gasteiger partial charge on any atom is 0.401 e. The second-order valence-corrected chi connectivity index (χ2v) is 9.72. The molecule has 0 saturated heterocycles. The monoisotopic (exact) mass is 532 g/mol. The van der Waals surface area contributed by atoms with Crippen LogP contribution in [0.1, 0.15) is 37.9 Å². The summed E-state index contributed by atoms with van der Waals surface area (Å²) in [4.78, 5) is 17.3. The van der Waals surface area contributed by atoms with Gasteiger partial charge in [0.1, 0.15) is 16.6 Å². The summed E-state index contributed by atoms with van der Waals surface area (Å²) in [6.45, 7) is 2.68. The molecule has 6 nitrogen and oxygen atoms in total. The summed E-state index contributed by atoms with van der Waals surface area (Å²) in [5.74, 6) is -7.24. The van der Waals surface area contributed by atoms with Crippen LogP contribution in [0.25, 0.3) is 5.65 Å². The van der Waals surface area contributed by atoms with Crippen molar-refractivity contribution in [2.75, 3.05) is 18.1 Å². The van der Waals surface area contributed by atoms with Crippen molar-refractivity contribution < 1.29 is 35.9 Å². The third kappa shape index (κ3) is 3.09. The van der Waals surface area contributed by atoms with Crippen LogP contribution in [-0.2, 0) is 14.9 Å². The van der Waals surface area contributed by atoms with E-state index in [4.69, 9.17) is 16.3 Å². The molecule has 1 aliphatic carbocycles. The van der Waals surface area contributed by atoms with Crippen LogP contribution in [0.15, 0.2) is 30.5 Å². The molecule has 0 spiro atoms. The van der Waals surface area contributed by atoms with Gasteiger partial charge >= 0.3 is 12.1 Å². The first-order valence-corrected chi connectivity index (χ1v) is 11.3. The van der Waals surface area contributed by atoms with Crippen LogP contribution in [-0.4, -0.2) is 45.8 Å². The quantitative estimate of drug-likeness (QED) is 0.314. The Hall–Kier alpha value is -3.02. The Morgan fingerprint density at radius 2 is 1.92 bits per heavy atom. The molecule has 3 atom stereocenters. The van der Waals surface area contributed by atoms with Crippen molar-refractivity contribution in [1.82, 2.24) is 14.6 Å². The summed E-state index contributed by atoms with van der Waals surface area (Å²) >= 11 is 5.89. The van der Waals surface area contributed by atoms with Gasteiger partial charge in [0.15, 0.2) is 10.8 Å². The molecule has 1 aliphatic heterocycles. The number of alkyl halides is 5. The van der Waals surface area contributed by atoms with Gasteiger partial charge in [-0.2, -0.15) is 18.3 Å². The van der Waals surface area contributed by atoms with Crippen LogP contribution in [0.5, 0.6) is 0 Å². The Labute approximate surface area is 205 Å². The van der Waals surface area contributed by atoms with Gasteiger partial charge in [0.25, 0.3) is 5.92 Å². The molecule has 3 aromatic rings. The molecule has 5 rings (SSSR count). The van der Waals surface area contributed by atoms with E-state index in [1.165, 1.54) is 25.3 Å². The van der Waals surface area contributed by atoms with Crippen molar-refractivity contribution in [3.63, 3.8) is 0 Å². The maximum atomic E-state index is 15.4. The highest BCUT2D eigenvalue weighted by molar-refractivity contribution is 6.29. The zero-order chi connectivity index (χ0) is 26.4. The van der Waals surface area contributed by atoms with Crippen LogP contribution >= 0.6 is 11.6 Å². The number of fused-ring (bicyclic) bond motifs is 3. The molecule has 1 saturated carbocycles. The van der Waals surface area contributed by atoms with Crippen molar-refractivity contribution in [2.45, 2.75) is 44.2 Å². The number of benzene rings is 1. The number of nitrogens with zero attached hydrogens (tertiary/aromatic N) is 4. The fourth-order valence-electron chi connectivity index (χ4n) is 5.06. The molecule has 0 N–H and O–H groups in total. The number of hydrogen-bond donors (Lipinski definition) is 0. The molecule has 13 heteroatoms. The average molecular weight is 533 g/mol. The van der Waals surface area contributed by atoms with Gasteiger partial charge in [-0.15, -0.1) is 0 Å². The minimum Gasteiger partial charge on any atom is -0.465 e. The van der Waals surface area contributed by atoms with E-state index < -0.39 is 47.2 Å². The Bertz CT molecular complexity index is 1410. The lowest BCUT2D eigenvalue weighted by Gasteiger charge is -2.28. The number of aromatic nitrogens is 3. The van der Waals surface area contributed by atoms with E-state index >= 15 is 4.39 Å². The maximum absolute atomic E-state index is 15.4. The van der Waals surface area contributed by atoms with Crippen LogP contribution in [0.3, 0.4) is 0 Å². The number of carbonyl (C=O) groups is 1. The standard InChI is InChI=1S/C23H19ClF6N4O2/c1-4-36-19(35)21(3)17(22(21,26)27)11-5-6-13(12(25)7-11)33-10-20(2,23(28,29)30)18-14(33)9-31-16-8-15(24)32-34(16)18/h5-9,17H,4,10H2,1-3H3/t17?,20-,21?/m1/s1. The number of anilines is 2. The number of halogens is 7. The first-order chi connectivity index (χ1) is 16.7. The SMILES string of the molecule is CCOC(=O)C1(C)C(c2ccc(N3C[C@@](C)(C(F)(F)F)c4c3cnc3cc(Cl)nn43)c(F)c2)C1(F)F. The van der Waals surface area contributed by atoms with Crippen LogP contribution in [0, 0.1) is 11.2 Å². The molecule has 1 aromatic carbocycles. The zero-order valence-corrected chi connectivity index (χ0v) is 19.9. The van der Waals surface area contributed by atoms with Gasteiger partial charge in [-0.1, -0.05) is 17.7 Å². The first-order valence-electron chi connectivity index (χ1n) is 10.9. The molecule has 0 bridgehead atoms. The summed E-state index contributed by atoms with van der Waals surface area (Å²) in [7, 11) is 0. The Morgan fingerprint density at radius 1 is 1.22 bits per heavy atom. The largest absolute Gasteiger partial charge is 0.465 e. The molecule has 192 valence electrons. The van der Waals surface area contributed by atoms with Gasteiger partial charge in [0.2, 0.25) is 0 Å². The van der Waals surface area contributed by atoms with Crippen molar-refractivity contribution in [2.24, 2.45) is 5.41 Å². The molecule has 0 radical (unpaired) electrons. The molecule has 3 heterocycles. The third-order valence-corrected chi connectivity index (χ3v) is 7.38. The minimum atomic E-state index is -4.75. The van der Waals surface area contributed by atoms with E-state index in [1.807, 2.05) is 0 Å². The Kier molecular flexibility index (Phi) is 5.14. The van der Waals surface area contributed by atoms with Crippen molar-refractivity contribution in [3.05, 3.63) is 52.7 Å². The lowest BCUT2D eigenvalue weighted by Crippen LogP contribution is -2.43. The van der Waals surface area contributed by atoms with Crippen molar-refractivity contribution >= 4 is 34.6 Å². The second-order valence-electron chi connectivity index (χ2n) is 9.33. The van der Waals surface area contributed by atoms with E-state index in [0.29, 0.717) is 0 Å². The van der Waals surface area contributed by atoms with Crippen LogP contribution < -0.4 is 4.90 Å². The highest BCUT2D eigenvalue weighted by Crippen LogP contribution is 2.71. The van der Waals surface area contributed by atoms with E-state index in [2.05, 4.69) is 10.1 Å². The number of hydrogen-bond acceptors (Lipinski definition) is 5. The average Bonchev–Trinajstić information content (AvgIpc) is 3.06. The molecule has 1 fully saturated rings. The van der Waals surface area contributed by atoms with Crippen LogP contribution in [0.4, 0.5) is 37.7 Å². The second kappa shape index (κ2) is 7.50. The van der Waals surface area contributed by atoms with Gasteiger partial charge in [0, 0.05) is 12.6 Å². The molecular weight excluding hydrogens is 514 g/mol.